The minimum absolute atomic E-state index is 0.000907. The van der Waals surface area contributed by atoms with E-state index in [2.05, 4.69) is 10.4 Å². The van der Waals surface area contributed by atoms with Gasteiger partial charge in [0.2, 0.25) is 11.8 Å². The van der Waals surface area contributed by atoms with Crippen molar-refractivity contribution in [1.29, 1.82) is 0 Å². The summed E-state index contributed by atoms with van der Waals surface area (Å²) in [6, 6.07) is 5.76. The number of rotatable bonds is 5. The molecule has 0 aliphatic heterocycles. The summed E-state index contributed by atoms with van der Waals surface area (Å²) < 4.78 is 7.52. The van der Waals surface area contributed by atoms with Gasteiger partial charge in [-0.3, -0.25) is 9.48 Å². The van der Waals surface area contributed by atoms with Gasteiger partial charge in [0, 0.05) is 18.7 Å². The topological polar surface area (TPSA) is 56.1 Å². The van der Waals surface area contributed by atoms with E-state index in [4.69, 9.17) is 4.74 Å². The molecule has 1 N–H and O–H groups in total. The second-order valence-corrected chi connectivity index (χ2v) is 5.63. The highest BCUT2D eigenvalue weighted by molar-refractivity contribution is 5.96. The van der Waals surface area contributed by atoms with Crippen molar-refractivity contribution < 1.29 is 9.53 Å². The number of hydrogen-bond acceptors (Lipinski definition) is 3. The first kappa shape index (κ1) is 15.4. The van der Waals surface area contributed by atoms with Gasteiger partial charge in [-0.15, -0.1) is 5.10 Å². The van der Waals surface area contributed by atoms with E-state index in [9.17, 15) is 4.79 Å². The Morgan fingerprint density at radius 2 is 2.10 bits per heavy atom. The molecule has 21 heavy (non-hydrogen) atoms. The zero-order chi connectivity index (χ0) is 15.6. The van der Waals surface area contributed by atoms with Crippen LogP contribution in [0, 0.1) is 5.92 Å². The van der Waals surface area contributed by atoms with Crippen molar-refractivity contribution in [1.82, 2.24) is 9.78 Å². The zero-order valence-corrected chi connectivity index (χ0v) is 13.3. The lowest BCUT2D eigenvalue weighted by Crippen LogP contribution is -2.19. The average Bonchev–Trinajstić information content (AvgIpc) is 2.73. The summed E-state index contributed by atoms with van der Waals surface area (Å²) in [5.74, 6) is 0.634. The highest BCUT2D eigenvalue weighted by Crippen LogP contribution is 2.28. The zero-order valence-electron chi connectivity index (χ0n) is 13.3. The van der Waals surface area contributed by atoms with E-state index >= 15 is 0 Å². The number of ether oxygens (including phenoxy) is 1. The molecule has 0 unspecified atom stereocenters. The maximum atomic E-state index is 12.0. The lowest BCUT2D eigenvalue weighted by Gasteiger charge is -2.10. The number of anilines is 1. The molecule has 1 aromatic carbocycles. The SMILES string of the molecule is CC[C@@H](C)C(=O)Nc1ccc2c(c1)c(OC(C)C)nn2C. The van der Waals surface area contributed by atoms with E-state index in [1.54, 1.807) is 4.68 Å². The third-order valence-corrected chi connectivity index (χ3v) is 3.49. The Kier molecular flexibility index (Phi) is 4.50. The van der Waals surface area contributed by atoms with Gasteiger partial charge < -0.3 is 10.1 Å². The van der Waals surface area contributed by atoms with Crippen LogP contribution in [0.5, 0.6) is 5.88 Å². The lowest BCUT2D eigenvalue weighted by molar-refractivity contribution is -0.119. The standard InChI is InChI=1S/C16H23N3O2/c1-6-11(4)15(20)17-12-7-8-14-13(9-12)16(18-19(14)5)21-10(2)3/h7-11H,6H2,1-5H3,(H,17,20)/t11-/m1/s1. The summed E-state index contributed by atoms with van der Waals surface area (Å²) in [5, 5.41) is 8.24. The first-order chi connectivity index (χ1) is 9.92. The maximum Gasteiger partial charge on any atom is 0.241 e. The normalized spacial score (nSPS) is 12.7. The summed E-state index contributed by atoms with van der Waals surface area (Å²) in [4.78, 5) is 12.0. The molecule has 5 nitrogen and oxygen atoms in total. The molecule has 0 saturated heterocycles. The van der Waals surface area contributed by atoms with Crippen molar-refractivity contribution in [2.45, 2.75) is 40.2 Å². The fourth-order valence-electron chi connectivity index (χ4n) is 2.07. The monoisotopic (exact) mass is 289 g/mol. The summed E-state index contributed by atoms with van der Waals surface area (Å²) in [6.45, 7) is 7.86. The number of hydrogen-bond donors (Lipinski definition) is 1. The minimum Gasteiger partial charge on any atom is -0.473 e. The molecule has 1 atom stereocenters. The number of aryl methyl sites for hydroxylation is 1. The molecule has 0 aliphatic rings. The molecule has 0 radical (unpaired) electrons. The number of carbonyl (C=O) groups excluding carboxylic acids is 1. The number of benzene rings is 1. The van der Waals surface area contributed by atoms with E-state index in [0.29, 0.717) is 5.88 Å². The van der Waals surface area contributed by atoms with Crippen LogP contribution in [-0.4, -0.2) is 21.8 Å². The van der Waals surface area contributed by atoms with Gasteiger partial charge >= 0.3 is 0 Å². The number of amides is 1. The molecule has 2 aromatic rings. The molecule has 1 aromatic heterocycles. The second-order valence-electron chi connectivity index (χ2n) is 5.63. The molecule has 0 saturated carbocycles. The number of fused-ring (bicyclic) bond motifs is 1. The molecule has 5 heteroatoms. The maximum absolute atomic E-state index is 12.0. The average molecular weight is 289 g/mol. The van der Waals surface area contributed by atoms with Gasteiger partial charge in [-0.25, -0.2) is 0 Å². The van der Waals surface area contributed by atoms with Gasteiger partial charge in [-0.05, 0) is 38.5 Å². The number of aromatic nitrogens is 2. The Morgan fingerprint density at radius 3 is 2.71 bits per heavy atom. The largest absolute Gasteiger partial charge is 0.473 e. The Balaban J connectivity index is 2.33. The van der Waals surface area contributed by atoms with Gasteiger partial charge in [0.25, 0.3) is 0 Å². The van der Waals surface area contributed by atoms with Crippen molar-refractivity contribution in [3.63, 3.8) is 0 Å². The van der Waals surface area contributed by atoms with Crippen molar-refractivity contribution in [3.05, 3.63) is 18.2 Å². The predicted octanol–water partition coefficient (Wildman–Crippen LogP) is 3.35. The van der Waals surface area contributed by atoms with Crippen LogP contribution in [0.15, 0.2) is 18.2 Å². The van der Waals surface area contributed by atoms with Crippen molar-refractivity contribution in [2.75, 3.05) is 5.32 Å². The third kappa shape index (κ3) is 3.35. The van der Waals surface area contributed by atoms with E-state index in [0.717, 1.165) is 23.0 Å². The third-order valence-electron chi connectivity index (χ3n) is 3.49. The van der Waals surface area contributed by atoms with Crippen molar-refractivity contribution in [2.24, 2.45) is 13.0 Å². The number of nitrogens with one attached hydrogen (secondary N) is 1. The van der Waals surface area contributed by atoms with Crippen LogP contribution < -0.4 is 10.1 Å². The lowest BCUT2D eigenvalue weighted by atomic mass is 10.1. The van der Waals surface area contributed by atoms with Gasteiger partial charge in [-0.2, -0.15) is 0 Å². The number of carbonyl (C=O) groups is 1. The molecule has 0 spiro atoms. The predicted molar refractivity (Wildman–Crippen MR) is 84.6 cm³/mol. The van der Waals surface area contributed by atoms with Gasteiger partial charge in [-0.1, -0.05) is 13.8 Å². The molecular weight excluding hydrogens is 266 g/mol. The molecule has 114 valence electrons. The molecule has 1 amide bonds. The highest BCUT2D eigenvalue weighted by Gasteiger charge is 2.14. The minimum atomic E-state index is 0.000907. The molecule has 1 heterocycles. The van der Waals surface area contributed by atoms with E-state index in [-0.39, 0.29) is 17.9 Å². The van der Waals surface area contributed by atoms with Crippen molar-refractivity contribution in [3.8, 4) is 5.88 Å². The van der Waals surface area contributed by atoms with Gasteiger partial charge in [0.05, 0.1) is 17.0 Å². The Labute approximate surface area is 125 Å². The van der Waals surface area contributed by atoms with Crippen molar-refractivity contribution >= 4 is 22.5 Å². The van der Waals surface area contributed by atoms with Crippen LogP contribution in [0.25, 0.3) is 10.9 Å². The van der Waals surface area contributed by atoms with Gasteiger partial charge in [0.15, 0.2) is 0 Å². The highest BCUT2D eigenvalue weighted by atomic mass is 16.5. The second kappa shape index (κ2) is 6.16. The first-order valence-corrected chi connectivity index (χ1v) is 7.36. The Morgan fingerprint density at radius 1 is 1.38 bits per heavy atom. The summed E-state index contributed by atoms with van der Waals surface area (Å²) in [7, 11) is 1.88. The van der Waals surface area contributed by atoms with Gasteiger partial charge in [0.1, 0.15) is 0 Å². The fourth-order valence-corrected chi connectivity index (χ4v) is 2.07. The molecular formula is C16H23N3O2. The van der Waals surface area contributed by atoms with E-state index in [1.165, 1.54) is 0 Å². The summed E-state index contributed by atoms with van der Waals surface area (Å²) in [6.07, 6.45) is 0.879. The smallest absolute Gasteiger partial charge is 0.241 e. The van der Waals surface area contributed by atoms with Crippen LogP contribution in [0.4, 0.5) is 5.69 Å². The first-order valence-electron chi connectivity index (χ1n) is 7.36. The summed E-state index contributed by atoms with van der Waals surface area (Å²) >= 11 is 0. The molecule has 0 aliphatic carbocycles. The quantitative estimate of drug-likeness (QED) is 0.918. The van der Waals surface area contributed by atoms with E-state index < -0.39 is 0 Å². The molecule has 0 bridgehead atoms. The molecule has 0 fully saturated rings. The van der Waals surface area contributed by atoms with Crippen LogP contribution >= 0.6 is 0 Å². The van der Waals surface area contributed by atoms with Crippen LogP contribution in [0.1, 0.15) is 34.1 Å². The fraction of sp³-hybridized carbons (Fsp3) is 0.500. The van der Waals surface area contributed by atoms with Crippen LogP contribution in [0.3, 0.4) is 0 Å². The Hall–Kier alpha value is -2.04. The van der Waals surface area contributed by atoms with Crippen LogP contribution in [-0.2, 0) is 11.8 Å². The molecule has 2 rings (SSSR count). The van der Waals surface area contributed by atoms with Crippen LogP contribution in [0.2, 0.25) is 0 Å². The Bertz CT molecular complexity index is 646. The number of nitrogens with zero attached hydrogens (tertiary/aromatic N) is 2. The summed E-state index contributed by atoms with van der Waals surface area (Å²) in [5.41, 5.74) is 1.75. The van der Waals surface area contributed by atoms with E-state index in [1.807, 2.05) is 52.9 Å².